The molecule has 2 rings (SSSR count). The van der Waals surface area contributed by atoms with Crippen molar-refractivity contribution in [2.75, 3.05) is 0 Å². The van der Waals surface area contributed by atoms with Gasteiger partial charge in [-0.1, -0.05) is 0 Å². The number of hydrogen-bond donors (Lipinski definition) is 0. The van der Waals surface area contributed by atoms with Crippen LogP contribution in [0.25, 0.3) is 0 Å². The molecule has 0 aliphatic heterocycles. The summed E-state index contributed by atoms with van der Waals surface area (Å²) in [6.45, 7) is 0. The van der Waals surface area contributed by atoms with Crippen LogP contribution in [-0.2, 0) is 19.2 Å². The summed E-state index contributed by atoms with van der Waals surface area (Å²) in [5.41, 5.74) is 0. The van der Waals surface area contributed by atoms with Gasteiger partial charge in [-0.15, -0.1) is 0 Å². The number of benzene rings is 2. The molecule has 2 aromatic carbocycles. The molecule has 0 bridgehead atoms. The Labute approximate surface area is 364 Å². The van der Waals surface area contributed by atoms with E-state index in [1.807, 2.05) is 0 Å². The van der Waals surface area contributed by atoms with Crippen LogP contribution < -0.4 is 70.3 Å². The second-order valence-corrected chi connectivity index (χ2v) is 16.4. The number of alkyl halides is 20. The molecule has 0 aliphatic rings. The fourth-order valence-corrected chi connectivity index (χ4v) is 4.37. The summed E-state index contributed by atoms with van der Waals surface area (Å²) >= 11 is 5.18. The van der Waals surface area contributed by atoms with Crippen molar-refractivity contribution < 1.29 is 162 Å². The van der Waals surface area contributed by atoms with Crippen molar-refractivity contribution in [2.45, 2.75) is 53.6 Å². The summed E-state index contributed by atoms with van der Waals surface area (Å²) in [5.74, 6) is -5.80. The van der Waals surface area contributed by atoms with Gasteiger partial charge in [0.05, 0.1) is 0 Å². The van der Waals surface area contributed by atoms with E-state index in [0.29, 0.717) is 0 Å². The first kappa shape index (κ1) is 53.2. The third kappa shape index (κ3) is 14.8. The van der Waals surface area contributed by atoms with E-state index in [-0.39, 0.29) is 87.8 Å². The molecule has 0 aromatic heterocycles. The normalized spacial score (nSPS) is 14.0. The van der Waals surface area contributed by atoms with Crippen LogP contribution in [0.2, 0.25) is 0 Å². The molecule has 300 valence electrons. The fourth-order valence-electron chi connectivity index (χ4n) is 2.46. The van der Waals surface area contributed by atoms with Crippen molar-refractivity contribution in [1.82, 2.24) is 0 Å². The van der Waals surface area contributed by atoms with E-state index in [0.717, 1.165) is 0 Å². The van der Waals surface area contributed by atoms with Gasteiger partial charge in [0.25, 0.3) is 9.05 Å². The Balaban J connectivity index is 0.00000100. The molecule has 9 nitrogen and oxygen atoms in total. The van der Waals surface area contributed by atoms with Crippen LogP contribution in [0.3, 0.4) is 0 Å². The zero-order valence-electron chi connectivity index (χ0n) is 23.9. The van der Waals surface area contributed by atoms with Gasteiger partial charge in [0.1, 0.15) is 42.9 Å². The summed E-state index contributed by atoms with van der Waals surface area (Å²) in [7, 11) is -5.91. The standard InChI is InChI=1S/C10H3Br2ClF8O4S.C10H4Br2F8O5S.K/c11-7(14,15)9(18,19)24-4-1-2-5(6(3-4)26(13,22)23)25-10(20,21)8(12,16)17;11-7(13,14)9(17,18)24-4-1-2-5(6(3-4)26(21,22)23)25-10(19,20)8(12,15)16;/h1-3H;1-3H,(H,21,22,23);/q;;+1/p-1. The van der Waals surface area contributed by atoms with Gasteiger partial charge in [-0.25, -0.2) is 16.8 Å². The fraction of sp³-hybridized carbons (Fsp3) is 0.400. The summed E-state index contributed by atoms with van der Waals surface area (Å²) in [4.78, 5) is -23.1. The molecule has 0 saturated carbocycles. The first-order chi connectivity index (χ1) is 22.6. The Kier molecular flexibility index (Phi) is 17.7. The van der Waals surface area contributed by atoms with Crippen molar-refractivity contribution in [3.63, 3.8) is 0 Å². The van der Waals surface area contributed by atoms with E-state index in [9.17, 15) is 91.6 Å². The molecule has 33 heteroatoms. The number of hydrogen-bond acceptors (Lipinski definition) is 9. The van der Waals surface area contributed by atoms with Gasteiger partial charge in [-0.05, 0) is 24.3 Å². The van der Waals surface area contributed by atoms with E-state index in [1.54, 1.807) is 0 Å². The van der Waals surface area contributed by atoms with Gasteiger partial charge in [-0.3, -0.25) is 0 Å². The average molecular weight is 1150 g/mol. The Morgan fingerprint density at radius 3 is 0.981 bits per heavy atom. The zero-order valence-corrected chi connectivity index (χ0v) is 35.7. The van der Waals surface area contributed by atoms with Gasteiger partial charge >= 0.3 is 95.1 Å². The summed E-state index contributed by atoms with van der Waals surface area (Å²) in [5, 5.41) is 0. The van der Waals surface area contributed by atoms with Crippen molar-refractivity contribution in [2.24, 2.45) is 0 Å². The molecule has 0 atom stereocenters. The molecular weight excluding hydrogens is 1150 g/mol. The number of halogens is 21. The molecule has 0 heterocycles. The Morgan fingerprint density at radius 1 is 0.491 bits per heavy atom. The monoisotopic (exact) mass is 1150 g/mol. The third-order valence-electron chi connectivity index (χ3n) is 4.65. The summed E-state index contributed by atoms with van der Waals surface area (Å²) in [6, 6.07) is 0.573. The minimum Gasteiger partial charge on any atom is -0.744 e. The first-order valence-corrected chi connectivity index (χ1v) is 18.2. The smallest absolute Gasteiger partial charge is 0.744 e. The van der Waals surface area contributed by atoms with Gasteiger partial charge < -0.3 is 23.5 Å². The van der Waals surface area contributed by atoms with E-state index in [4.69, 9.17) is 10.7 Å². The van der Waals surface area contributed by atoms with Crippen LogP contribution in [0.1, 0.15) is 0 Å². The van der Waals surface area contributed by atoms with Crippen LogP contribution in [0, 0.1) is 0 Å². The largest absolute Gasteiger partial charge is 1.00 e. The molecule has 0 unspecified atom stereocenters. The maximum atomic E-state index is 13.2. The van der Waals surface area contributed by atoms with Crippen LogP contribution in [0.15, 0.2) is 46.2 Å². The molecule has 53 heavy (non-hydrogen) atoms. The second kappa shape index (κ2) is 17.6. The van der Waals surface area contributed by atoms with Gasteiger partial charge in [0, 0.05) is 86.5 Å². The van der Waals surface area contributed by atoms with E-state index >= 15 is 0 Å². The van der Waals surface area contributed by atoms with Crippen LogP contribution in [0.4, 0.5) is 70.2 Å². The minimum absolute atomic E-state index is 0. The van der Waals surface area contributed by atoms with Crippen LogP contribution in [-0.4, -0.2) is 65.1 Å². The average Bonchev–Trinajstić information content (AvgIpc) is 2.86. The van der Waals surface area contributed by atoms with Crippen molar-refractivity contribution in [3.8, 4) is 23.0 Å². The third-order valence-corrected chi connectivity index (χ3v) is 8.70. The van der Waals surface area contributed by atoms with Gasteiger partial charge in [0.2, 0.25) is 0 Å². The predicted molar refractivity (Wildman–Crippen MR) is 152 cm³/mol. The van der Waals surface area contributed by atoms with Crippen LogP contribution >= 0.6 is 74.4 Å². The molecule has 0 N–H and O–H groups in total. The van der Waals surface area contributed by atoms with Gasteiger partial charge in [0.15, 0.2) is 0 Å². The Bertz CT molecular complexity index is 1690. The summed E-state index contributed by atoms with van der Waals surface area (Å²) < 4.78 is 276. The van der Waals surface area contributed by atoms with E-state index < -0.39 is 95.7 Å². The van der Waals surface area contributed by atoms with Crippen LogP contribution in [0.5, 0.6) is 23.0 Å². The molecule has 0 saturated heterocycles. The predicted octanol–water partition coefficient (Wildman–Crippen LogP) is 7.05. The SMILES string of the molecule is O=S(=O)(Cl)c1cc(OC(F)(F)C(F)(F)Br)ccc1OC(F)(F)C(F)(F)Br.O=S(=O)([O-])c1cc(OC(F)(F)C(F)(F)Br)ccc1OC(F)(F)C(F)(F)Br.[K+]. The van der Waals surface area contributed by atoms with Crippen molar-refractivity contribution in [1.29, 1.82) is 0 Å². The quantitative estimate of drug-likeness (QED) is 0.0644. The molecule has 0 fully saturated rings. The molecule has 0 aliphatic carbocycles. The molecule has 0 radical (unpaired) electrons. The van der Waals surface area contributed by atoms with Gasteiger partial charge in [-0.2, -0.15) is 70.2 Å². The second-order valence-electron chi connectivity index (χ2n) is 8.58. The minimum atomic E-state index is -5.76. The molecule has 0 amide bonds. The van der Waals surface area contributed by atoms with E-state index in [1.165, 1.54) is 63.7 Å². The summed E-state index contributed by atoms with van der Waals surface area (Å²) in [6.07, 6.45) is -21.1. The Morgan fingerprint density at radius 2 is 0.736 bits per heavy atom. The first-order valence-electron chi connectivity index (χ1n) is 11.3. The van der Waals surface area contributed by atoms with Crippen molar-refractivity contribution in [3.05, 3.63) is 36.4 Å². The molecular formula is C20H6Br4ClF16KO9S2. The maximum Gasteiger partial charge on any atom is 1.00 e. The number of rotatable bonds is 14. The molecule has 0 spiro atoms. The van der Waals surface area contributed by atoms with Crippen molar-refractivity contribution >= 4 is 93.6 Å². The molecule has 2 aromatic rings. The maximum absolute atomic E-state index is 13.2. The Hall–Kier alpha value is 0.226. The zero-order chi connectivity index (χ0) is 41.5. The topological polar surface area (TPSA) is 128 Å². The van der Waals surface area contributed by atoms with E-state index in [2.05, 4.69) is 18.9 Å². The number of ether oxygens (including phenoxy) is 4.